The van der Waals surface area contributed by atoms with Gasteiger partial charge in [-0.05, 0) is 12.5 Å². The molecule has 2 fully saturated rings. The van der Waals surface area contributed by atoms with E-state index in [1.165, 1.54) is 18.0 Å². The van der Waals surface area contributed by atoms with Crippen LogP contribution in [0.5, 0.6) is 5.75 Å². The Kier molecular flexibility index (Phi) is 6.76. The molecule has 4 amide bonds. The van der Waals surface area contributed by atoms with Gasteiger partial charge in [0.15, 0.2) is 12.3 Å². The number of aryl methyl sites for hydroxylation is 2. The standard InChI is InChI=1S/C25H27N7O7/c1-29-17(25(37)38)12-16(27-29)24(36)32-10-8-31(9-11-32)20(34)13-39-18-5-3-4-14-21(28-30(2)22(14)18)15-6-7-19(33)26-23(15)35/h3-5,12,15H,6-11,13H2,1-2H3,(H,37,38)(H,26,33,35). The first-order chi connectivity index (χ1) is 18.6. The smallest absolute Gasteiger partial charge is 0.354 e. The van der Waals surface area contributed by atoms with Gasteiger partial charge < -0.3 is 19.6 Å². The van der Waals surface area contributed by atoms with Crippen LogP contribution in [-0.4, -0.2) is 96.9 Å². The summed E-state index contributed by atoms with van der Waals surface area (Å²) >= 11 is 0. The molecule has 2 aromatic heterocycles. The molecule has 204 valence electrons. The van der Waals surface area contributed by atoms with Crippen LogP contribution in [0.2, 0.25) is 0 Å². The normalized spacial score (nSPS) is 17.8. The number of benzene rings is 1. The number of imide groups is 1. The highest BCUT2D eigenvalue weighted by atomic mass is 16.5. The molecule has 5 rings (SSSR count). The maximum atomic E-state index is 12.9. The molecule has 0 aliphatic carbocycles. The van der Waals surface area contributed by atoms with E-state index in [1.807, 2.05) is 6.07 Å². The molecule has 2 N–H and O–H groups in total. The van der Waals surface area contributed by atoms with E-state index in [4.69, 9.17) is 4.74 Å². The lowest BCUT2D eigenvalue weighted by Crippen LogP contribution is -2.51. The van der Waals surface area contributed by atoms with E-state index < -0.39 is 17.8 Å². The summed E-state index contributed by atoms with van der Waals surface area (Å²) in [6, 6.07) is 6.55. The van der Waals surface area contributed by atoms with Gasteiger partial charge in [0, 0.05) is 58.1 Å². The van der Waals surface area contributed by atoms with Crippen molar-refractivity contribution in [3.8, 4) is 5.75 Å². The van der Waals surface area contributed by atoms with Crippen molar-refractivity contribution in [2.24, 2.45) is 14.1 Å². The second kappa shape index (κ2) is 10.2. The number of nitrogens with zero attached hydrogens (tertiary/aromatic N) is 6. The van der Waals surface area contributed by atoms with Crippen LogP contribution in [-0.2, 0) is 28.5 Å². The summed E-state index contributed by atoms with van der Waals surface area (Å²) in [6.07, 6.45) is 0.610. The molecule has 1 aromatic carbocycles. The number of carbonyl (C=O) groups is 5. The number of hydrogen-bond acceptors (Lipinski definition) is 8. The van der Waals surface area contributed by atoms with Gasteiger partial charge in [-0.15, -0.1) is 0 Å². The summed E-state index contributed by atoms with van der Waals surface area (Å²) in [7, 11) is 3.18. The average Bonchev–Trinajstić information content (AvgIpc) is 3.47. The fraction of sp³-hybridized carbons (Fsp3) is 0.400. The zero-order valence-corrected chi connectivity index (χ0v) is 21.4. The molecular weight excluding hydrogens is 510 g/mol. The molecule has 0 spiro atoms. The predicted octanol–water partition coefficient (Wildman–Crippen LogP) is -0.111. The zero-order chi connectivity index (χ0) is 27.8. The van der Waals surface area contributed by atoms with Crippen LogP contribution in [0, 0.1) is 0 Å². The average molecular weight is 538 g/mol. The van der Waals surface area contributed by atoms with Crippen molar-refractivity contribution in [2.45, 2.75) is 18.8 Å². The third kappa shape index (κ3) is 4.92. The van der Waals surface area contributed by atoms with Crippen LogP contribution in [0.3, 0.4) is 0 Å². The highest BCUT2D eigenvalue weighted by molar-refractivity contribution is 6.03. The number of aromatic nitrogens is 4. The van der Waals surface area contributed by atoms with Gasteiger partial charge in [0.1, 0.15) is 17.0 Å². The second-order valence-corrected chi connectivity index (χ2v) is 9.47. The SMILES string of the molecule is Cn1nc(C(=O)N2CCN(C(=O)COc3cccc4c(C5CCC(=O)NC5=O)nn(C)c34)CC2)cc1C(=O)O. The second-order valence-electron chi connectivity index (χ2n) is 9.47. The number of piperidine rings is 1. The number of carboxylic acids is 1. The van der Waals surface area contributed by atoms with Gasteiger partial charge in [-0.2, -0.15) is 10.2 Å². The molecule has 14 nitrogen and oxygen atoms in total. The number of para-hydroxylation sites is 1. The Bertz CT molecular complexity index is 1500. The van der Waals surface area contributed by atoms with Gasteiger partial charge in [0.2, 0.25) is 11.8 Å². The fourth-order valence-corrected chi connectivity index (χ4v) is 4.98. The molecule has 1 atom stereocenters. The van der Waals surface area contributed by atoms with Crippen molar-refractivity contribution in [3.05, 3.63) is 41.3 Å². The lowest BCUT2D eigenvalue weighted by atomic mass is 9.93. The zero-order valence-electron chi connectivity index (χ0n) is 21.4. The quantitative estimate of drug-likeness (QED) is 0.407. The van der Waals surface area contributed by atoms with Crippen molar-refractivity contribution in [1.29, 1.82) is 0 Å². The van der Waals surface area contributed by atoms with Gasteiger partial charge in [0.25, 0.3) is 11.8 Å². The van der Waals surface area contributed by atoms with Gasteiger partial charge in [-0.3, -0.25) is 33.9 Å². The van der Waals surface area contributed by atoms with E-state index in [1.54, 1.807) is 28.8 Å². The minimum atomic E-state index is -1.17. The molecule has 0 bridgehead atoms. The summed E-state index contributed by atoms with van der Waals surface area (Å²) in [5.41, 5.74) is 1.14. The fourth-order valence-electron chi connectivity index (χ4n) is 4.98. The lowest BCUT2D eigenvalue weighted by molar-refractivity contribution is -0.135. The van der Waals surface area contributed by atoms with Gasteiger partial charge >= 0.3 is 5.97 Å². The third-order valence-electron chi connectivity index (χ3n) is 7.01. The topological polar surface area (TPSA) is 169 Å². The molecular formula is C25H27N7O7. The largest absolute Gasteiger partial charge is 0.481 e. The highest BCUT2D eigenvalue weighted by Gasteiger charge is 2.32. The molecule has 2 aliphatic rings. The molecule has 2 aliphatic heterocycles. The van der Waals surface area contributed by atoms with E-state index in [0.717, 1.165) is 4.68 Å². The Balaban J connectivity index is 1.21. The number of hydrogen-bond donors (Lipinski definition) is 2. The van der Waals surface area contributed by atoms with Crippen molar-refractivity contribution in [1.82, 2.24) is 34.7 Å². The number of carboxylic acid groups (broad SMARTS) is 1. The number of rotatable bonds is 6. The van der Waals surface area contributed by atoms with Crippen LogP contribution in [0.15, 0.2) is 24.3 Å². The van der Waals surface area contributed by atoms with Gasteiger partial charge in [-0.1, -0.05) is 12.1 Å². The summed E-state index contributed by atoms with van der Waals surface area (Å²) in [5, 5.41) is 20.8. The number of amides is 4. The molecule has 14 heteroatoms. The number of fused-ring (bicyclic) bond motifs is 1. The Hall–Kier alpha value is -4.75. The third-order valence-corrected chi connectivity index (χ3v) is 7.01. The molecule has 0 saturated carbocycles. The van der Waals surface area contributed by atoms with Crippen LogP contribution in [0.25, 0.3) is 10.9 Å². The molecule has 1 unspecified atom stereocenters. The molecule has 4 heterocycles. The van der Waals surface area contributed by atoms with E-state index in [0.29, 0.717) is 41.9 Å². The Morgan fingerprint density at radius 2 is 1.77 bits per heavy atom. The van der Waals surface area contributed by atoms with Crippen molar-refractivity contribution in [2.75, 3.05) is 32.8 Å². The van der Waals surface area contributed by atoms with Crippen molar-refractivity contribution >= 4 is 40.5 Å². The first kappa shape index (κ1) is 25.9. The Labute approximate surface area is 222 Å². The minimum absolute atomic E-state index is 0.0407. The lowest BCUT2D eigenvalue weighted by Gasteiger charge is -2.34. The Morgan fingerprint density at radius 1 is 1.05 bits per heavy atom. The first-order valence-corrected chi connectivity index (χ1v) is 12.4. The predicted molar refractivity (Wildman–Crippen MR) is 134 cm³/mol. The minimum Gasteiger partial charge on any atom is -0.481 e. The van der Waals surface area contributed by atoms with Crippen LogP contribution >= 0.6 is 0 Å². The maximum absolute atomic E-state index is 12.9. The molecule has 2 saturated heterocycles. The number of carbonyl (C=O) groups excluding carboxylic acids is 4. The number of piperazine rings is 1. The van der Waals surface area contributed by atoms with E-state index in [2.05, 4.69) is 15.5 Å². The summed E-state index contributed by atoms with van der Waals surface area (Å²) in [5.74, 6) is -2.61. The van der Waals surface area contributed by atoms with Crippen LogP contribution in [0.4, 0.5) is 0 Å². The van der Waals surface area contributed by atoms with E-state index in [9.17, 15) is 29.1 Å². The summed E-state index contributed by atoms with van der Waals surface area (Å²) in [6.45, 7) is 0.908. The van der Waals surface area contributed by atoms with E-state index >= 15 is 0 Å². The summed E-state index contributed by atoms with van der Waals surface area (Å²) in [4.78, 5) is 64.0. The van der Waals surface area contributed by atoms with Gasteiger partial charge in [0.05, 0.1) is 11.6 Å². The number of nitrogens with one attached hydrogen (secondary N) is 1. The molecule has 3 aromatic rings. The van der Waals surface area contributed by atoms with Crippen LogP contribution in [0.1, 0.15) is 45.4 Å². The van der Waals surface area contributed by atoms with Crippen molar-refractivity contribution < 1.29 is 33.8 Å². The van der Waals surface area contributed by atoms with Crippen molar-refractivity contribution in [3.63, 3.8) is 0 Å². The summed E-state index contributed by atoms with van der Waals surface area (Å²) < 4.78 is 8.63. The number of ether oxygens (including phenoxy) is 1. The van der Waals surface area contributed by atoms with E-state index in [-0.39, 0.29) is 55.2 Å². The van der Waals surface area contributed by atoms with Crippen LogP contribution < -0.4 is 10.1 Å². The monoisotopic (exact) mass is 537 g/mol. The Morgan fingerprint density at radius 3 is 2.44 bits per heavy atom. The number of aromatic carboxylic acids is 1. The molecule has 39 heavy (non-hydrogen) atoms. The highest BCUT2D eigenvalue weighted by Crippen LogP contribution is 2.34. The molecule has 0 radical (unpaired) electrons. The van der Waals surface area contributed by atoms with Gasteiger partial charge in [-0.25, -0.2) is 4.79 Å². The maximum Gasteiger partial charge on any atom is 0.354 e. The first-order valence-electron chi connectivity index (χ1n) is 12.4.